The first-order valence-corrected chi connectivity index (χ1v) is 7.26. The van der Waals surface area contributed by atoms with Gasteiger partial charge in [-0.15, -0.1) is 10.2 Å². The van der Waals surface area contributed by atoms with Crippen molar-refractivity contribution >= 4 is 17.7 Å². The fourth-order valence-corrected chi connectivity index (χ4v) is 2.38. The van der Waals surface area contributed by atoms with E-state index in [-0.39, 0.29) is 11.2 Å². The molecule has 0 fully saturated rings. The number of hydrogen-bond acceptors (Lipinski definition) is 8. The maximum absolute atomic E-state index is 11.4. The summed E-state index contributed by atoms with van der Waals surface area (Å²) >= 11 is 1.13. The molecule has 2 aromatic rings. The summed E-state index contributed by atoms with van der Waals surface area (Å²) in [4.78, 5) is 11.4. The lowest BCUT2D eigenvalue weighted by molar-refractivity contribution is -0.139. The predicted molar refractivity (Wildman–Crippen MR) is 80.2 cm³/mol. The van der Waals surface area contributed by atoms with Gasteiger partial charge in [0.2, 0.25) is 5.89 Å². The molecule has 118 valence electrons. The summed E-state index contributed by atoms with van der Waals surface area (Å²) < 4.78 is 20.6. The van der Waals surface area contributed by atoms with Crippen LogP contribution in [-0.2, 0) is 9.53 Å². The minimum absolute atomic E-state index is 0.287. The lowest BCUT2D eigenvalue weighted by Gasteiger charge is -2.06. The fourth-order valence-electron chi connectivity index (χ4n) is 1.67. The third kappa shape index (κ3) is 3.70. The van der Waals surface area contributed by atoms with Crippen LogP contribution < -0.4 is 9.47 Å². The number of thioether (sulfide) groups is 1. The van der Waals surface area contributed by atoms with E-state index in [4.69, 9.17) is 13.9 Å². The molecule has 22 heavy (non-hydrogen) atoms. The molecule has 1 heterocycles. The van der Waals surface area contributed by atoms with Crippen LogP contribution in [0.4, 0.5) is 0 Å². The molecule has 7 nitrogen and oxygen atoms in total. The van der Waals surface area contributed by atoms with Gasteiger partial charge in [-0.3, -0.25) is 4.79 Å². The molecule has 0 amide bonds. The van der Waals surface area contributed by atoms with E-state index in [1.165, 1.54) is 7.11 Å². The first-order chi connectivity index (χ1) is 10.6. The molecule has 0 spiro atoms. The average molecular weight is 324 g/mol. The summed E-state index contributed by atoms with van der Waals surface area (Å²) in [5.41, 5.74) is 0.668. The second-order valence-corrected chi connectivity index (χ2v) is 5.55. The van der Waals surface area contributed by atoms with Crippen LogP contribution in [0.15, 0.2) is 27.8 Å². The van der Waals surface area contributed by atoms with Gasteiger partial charge in [-0.05, 0) is 19.1 Å². The van der Waals surface area contributed by atoms with E-state index in [1.54, 1.807) is 39.3 Å². The molecule has 2 rings (SSSR count). The minimum Gasteiger partial charge on any atom is -0.497 e. The van der Waals surface area contributed by atoms with E-state index in [0.717, 1.165) is 11.8 Å². The predicted octanol–water partition coefficient (Wildman–Crippen LogP) is 2.41. The van der Waals surface area contributed by atoms with E-state index in [9.17, 15) is 4.79 Å². The van der Waals surface area contributed by atoms with Crippen molar-refractivity contribution in [1.29, 1.82) is 0 Å². The Morgan fingerprint density at radius 2 is 1.77 bits per heavy atom. The highest BCUT2D eigenvalue weighted by atomic mass is 32.2. The molecule has 8 heteroatoms. The molecule has 0 unspecified atom stereocenters. The van der Waals surface area contributed by atoms with Gasteiger partial charge in [0.25, 0.3) is 5.22 Å². The Kier molecular flexibility index (Phi) is 5.26. The lowest BCUT2D eigenvalue weighted by atomic mass is 10.2. The number of ether oxygens (including phenoxy) is 3. The van der Waals surface area contributed by atoms with Crippen molar-refractivity contribution in [3.05, 3.63) is 18.2 Å². The molecule has 0 radical (unpaired) electrons. The number of aromatic nitrogens is 2. The Balaban J connectivity index is 2.22. The summed E-state index contributed by atoms with van der Waals surface area (Å²) in [7, 11) is 4.46. The van der Waals surface area contributed by atoms with Crippen molar-refractivity contribution < 1.29 is 23.4 Å². The Bertz CT molecular complexity index is 636. The largest absolute Gasteiger partial charge is 0.497 e. The molecule has 0 bridgehead atoms. The highest BCUT2D eigenvalue weighted by Gasteiger charge is 2.19. The van der Waals surface area contributed by atoms with Crippen LogP contribution in [0.2, 0.25) is 0 Å². The lowest BCUT2D eigenvalue weighted by Crippen LogP contribution is -2.14. The van der Waals surface area contributed by atoms with Gasteiger partial charge in [-0.25, -0.2) is 0 Å². The molecule has 1 aromatic carbocycles. The van der Waals surface area contributed by atoms with Gasteiger partial charge >= 0.3 is 5.97 Å². The van der Waals surface area contributed by atoms with E-state index in [1.807, 2.05) is 0 Å². The summed E-state index contributed by atoms with van der Waals surface area (Å²) in [5.74, 6) is 1.19. The molecule has 0 aliphatic carbocycles. The molecule has 0 aliphatic rings. The van der Waals surface area contributed by atoms with Gasteiger partial charge in [0, 0.05) is 11.6 Å². The normalized spacial score (nSPS) is 11.8. The van der Waals surface area contributed by atoms with Crippen molar-refractivity contribution in [2.75, 3.05) is 21.3 Å². The number of esters is 1. The fraction of sp³-hybridized carbons (Fsp3) is 0.357. The Morgan fingerprint density at radius 3 is 2.32 bits per heavy atom. The number of hydrogen-bond donors (Lipinski definition) is 0. The smallest absolute Gasteiger partial charge is 0.319 e. The summed E-state index contributed by atoms with van der Waals surface area (Å²) in [5, 5.41) is 7.75. The standard InChI is InChI=1S/C14H16N2O5S/c1-8(13(17)20-4)22-14-16-15-12(21-14)9-5-10(18-2)7-11(6-9)19-3/h5-8H,1-4H3/t8-/m0/s1. The monoisotopic (exact) mass is 324 g/mol. The van der Waals surface area contributed by atoms with Gasteiger partial charge in [0.1, 0.15) is 16.7 Å². The van der Waals surface area contributed by atoms with E-state index in [0.29, 0.717) is 23.0 Å². The van der Waals surface area contributed by atoms with Crippen LogP contribution in [0.5, 0.6) is 11.5 Å². The zero-order valence-corrected chi connectivity index (χ0v) is 13.5. The zero-order valence-electron chi connectivity index (χ0n) is 12.7. The second-order valence-electron chi connectivity index (χ2n) is 4.26. The van der Waals surface area contributed by atoms with E-state index >= 15 is 0 Å². The van der Waals surface area contributed by atoms with Crippen molar-refractivity contribution in [2.24, 2.45) is 0 Å². The van der Waals surface area contributed by atoms with E-state index < -0.39 is 5.25 Å². The van der Waals surface area contributed by atoms with Gasteiger partial charge in [-0.1, -0.05) is 11.8 Å². The minimum atomic E-state index is -0.432. The SMILES string of the molecule is COC(=O)[C@H](C)Sc1nnc(-c2cc(OC)cc(OC)c2)o1. The van der Waals surface area contributed by atoms with Crippen LogP contribution in [0.25, 0.3) is 11.5 Å². The molecule has 1 atom stereocenters. The van der Waals surface area contributed by atoms with E-state index in [2.05, 4.69) is 14.9 Å². The molecular weight excluding hydrogens is 308 g/mol. The quantitative estimate of drug-likeness (QED) is 0.591. The Hall–Kier alpha value is -2.22. The second kappa shape index (κ2) is 7.17. The number of nitrogens with zero attached hydrogens (tertiary/aromatic N) is 2. The average Bonchev–Trinajstić information content (AvgIpc) is 3.01. The highest BCUT2D eigenvalue weighted by molar-refractivity contribution is 8.00. The number of rotatable bonds is 6. The number of carbonyl (C=O) groups excluding carboxylic acids is 1. The molecule has 0 saturated heterocycles. The topological polar surface area (TPSA) is 83.7 Å². The van der Waals surface area contributed by atoms with Crippen LogP contribution in [0, 0.1) is 0 Å². The Labute approximate surface area is 132 Å². The third-order valence-electron chi connectivity index (χ3n) is 2.82. The maximum atomic E-state index is 11.4. The van der Waals surface area contributed by atoms with Crippen molar-refractivity contribution in [1.82, 2.24) is 10.2 Å². The maximum Gasteiger partial charge on any atom is 0.319 e. The molecule has 0 aliphatic heterocycles. The first-order valence-electron chi connectivity index (χ1n) is 6.38. The Morgan fingerprint density at radius 1 is 1.14 bits per heavy atom. The number of benzene rings is 1. The van der Waals surface area contributed by atoms with Gasteiger partial charge in [-0.2, -0.15) is 0 Å². The van der Waals surface area contributed by atoms with Gasteiger partial charge in [0.15, 0.2) is 0 Å². The summed E-state index contributed by atoms with van der Waals surface area (Å²) in [6.45, 7) is 1.70. The van der Waals surface area contributed by atoms with Crippen LogP contribution in [0.1, 0.15) is 6.92 Å². The summed E-state index contributed by atoms with van der Waals surface area (Å²) in [6.07, 6.45) is 0. The molecule has 0 N–H and O–H groups in total. The summed E-state index contributed by atoms with van der Waals surface area (Å²) in [6, 6.07) is 5.26. The van der Waals surface area contributed by atoms with Crippen molar-refractivity contribution in [3.63, 3.8) is 0 Å². The molecule has 0 saturated carbocycles. The van der Waals surface area contributed by atoms with Crippen LogP contribution in [0.3, 0.4) is 0 Å². The van der Waals surface area contributed by atoms with Crippen molar-refractivity contribution in [3.8, 4) is 23.0 Å². The number of methoxy groups -OCH3 is 3. The van der Waals surface area contributed by atoms with Crippen LogP contribution >= 0.6 is 11.8 Å². The van der Waals surface area contributed by atoms with Gasteiger partial charge < -0.3 is 18.6 Å². The van der Waals surface area contributed by atoms with Crippen LogP contribution in [-0.4, -0.2) is 42.7 Å². The van der Waals surface area contributed by atoms with Gasteiger partial charge in [0.05, 0.1) is 21.3 Å². The third-order valence-corrected chi connectivity index (χ3v) is 3.73. The molecule has 1 aromatic heterocycles. The zero-order chi connectivity index (χ0) is 16.1. The highest BCUT2D eigenvalue weighted by Crippen LogP contribution is 2.31. The molecular formula is C14H16N2O5S. The van der Waals surface area contributed by atoms with Crippen molar-refractivity contribution in [2.45, 2.75) is 17.4 Å². The first kappa shape index (κ1) is 16.2. The number of carbonyl (C=O) groups is 1.